The number of hydrogen-bond donors (Lipinski definition) is 4. The lowest BCUT2D eigenvalue weighted by Gasteiger charge is -2.23. The van der Waals surface area contributed by atoms with E-state index in [0.29, 0.717) is 0 Å². The second kappa shape index (κ2) is 8.18. The zero-order valence-corrected chi connectivity index (χ0v) is 14.1. The molecule has 0 radical (unpaired) electrons. The number of rotatable bonds is 4. The fourth-order valence-electron chi connectivity index (χ4n) is 2.51. The highest BCUT2D eigenvalue weighted by atomic mass is 31.2. The smallest absolute Gasteiger partial charge is 0.324 e. The lowest BCUT2D eigenvalue weighted by molar-refractivity contribution is 0.262. The van der Waals surface area contributed by atoms with E-state index in [0.717, 1.165) is 51.9 Å². The third kappa shape index (κ3) is 7.86. The Morgan fingerprint density at radius 1 is 0.905 bits per heavy atom. The summed E-state index contributed by atoms with van der Waals surface area (Å²) in [5, 5.41) is 0. The summed E-state index contributed by atoms with van der Waals surface area (Å²) in [6.45, 7) is 4.92. The summed E-state index contributed by atoms with van der Waals surface area (Å²) in [6, 6.07) is 0. The van der Waals surface area contributed by atoms with Gasteiger partial charge in [0.1, 0.15) is 12.1 Å². The summed E-state index contributed by atoms with van der Waals surface area (Å²) in [7, 11) is -7.67. The van der Waals surface area contributed by atoms with Crippen molar-refractivity contribution in [3.63, 3.8) is 0 Å². The molecule has 0 aromatic rings. The fraction of sp³-hybridized carbons (Fsp3) is 1.00. The van der Waals surface area contributed by atoms with Crippen LogP contribution in [-0.2, 0) is 9.13 Å². The van der Waals surface area contributed by atoms with Crippen molar-refractivity contribution in [2.24, 2.45) is 0 Å². The summed E-state index contributed by atoms with van der Waals surface area (Å²) < 4.78 is 21.2. The van der Waals surface area contributed by atoms with Crippen LogP contribution in [0.25, 0.3) is 0 Å². The van der Waals surface area contributed by atoms with Crippen LogP contribution >= 0.6 is 15.2 Å². The number of likely N-dealkylation sites (tertiary alicyclic amines) is 2. The third-order valence-corrected chi connectivity index (χ3v) is 5.81. The van der Waals surface area contributed by atoms with E-state index in [9.17, 15) is 9.13 Å². The van der Waals surface area contributed by atoms with Crippen LogP contribution in [0.15, 0.2) is 0 Å². The van der Waals surface area contributed by atoms with Crippen LogP contribution in [0.2, 0.25) is 0 Å². The fourth-order valence-corrected chi connectivity index (χ4v) is 3.97. The van der Waals surface area contributed by atoms with E-state index in [1.54, 1.807) is 11.8 Å². The lowest BCUT2D eigenvalue weighted by Crippen LogP contribution is -2.29. The maximum absolute atomic E-state index is 10.8. The van der Waals surface area contributed by atoms with Gasteiger partial charge >= 0.3 is 15.2 Å². The topological polar surface area (TPSA) is 122 Å². The van der Waals surface area contributed by atoms with Gasteiger partial charge in [-0.05, 0) is 58.8 Å². The van der Waals surface area contributed by atoms with Gasteiger partial charge in [0.15, 0.2) is 0 Å². The maximum Gasteiger partial charge on any atom is 0.342 e. The minimum absolute atomic E-state index is 0.0625. The van der Waals surface area contributed by atoms with Gasteiger partial charge < -0.3 is 19.6 Å². The number of hydrogen-bond acceptors (Lipinski definition) is 4. The molecule has 0 aromatic heterocycles. The molecule has 2 heterocycles. The molecule has 0 bridgehead atoms. The van der Waals surface area contributed by atoms with E-state index in [4.69, 9.17) is 19.6 Å². The van der Waals surface area contributed by atoms with Gasteiger partial charge in [0.25, 0.3) is 0 Å². The minimum Gasteiger partial charge on any atom is -0.324 e. The molecule has 2 aliphatic heterocycles. The first-order valence-electron chi connectivity index (χ1n) is 7.16. The van der Waals surface area contributed by atoms with E-state index in [2.05, 4.69) is 0 Å². The average Bonchev–Trinajstić information content (AvgIpc) is 2.97. The van der Waals surface area contributed by atoms with Gasteiger partial charge in [0.2, 0.25) is 0 Å². The van der Waals surface area contributed by atoms with E-state index < -0.39 is 21.0 Å². The quantitative estimate of drug-likeness (QED) is 0.553. The average molecular weight is 344 g/mol. The van der Waals surface area contributed by atoms with E-state index in [-0.39, 0.29) is 6.29 Å². The van der Waals surface area contributed by atoms with Crippen LogP contribution in [0.4, 0.5) is 0 Å². The molecule has 4 N–H and O–H groups in total. The van der Waals surface area contributed by atoms with Crippen molar-refractivity contribution in [2.45, 2.75) is 38.4 Å². The summed E-state index contributed by atoms with van der Waals surface area (Å²) in [5.41, 5.74) is 0. The molecular formula is C11H26N2O6P2. The molecule has 0 aliphatic carbocycles. The van der Waals surface area contributed by atoms with Crippen LogP contribution < -0.4 is 0 Å². The van der Waals surface area contributed by atoms with Gasteiger partial charge in [-0.1, -0.05) is 0 Å². The molecular weight excluding hydrogens is 318 g/mol. The maximum atomic E-state index is 10.8. The third-order valence-electron chi connectivity index (χ3n) is 3.74. The van der Waals surface area contributed by atoms with Crippen molar-refractivity contribution < 1.29 is 28.7 Å². The Bertz CT molecular complexity index is 398. The zero-order chi connectivity index (χ0) is 16.1. The highest BCUT2D eigenvalue weighted by Gasteiger charge is 2.31. The summed E-state index contributed by atoms with van der Waals surface area (Å²) in [4.78, 5) is 38.4. The molecule has 2 rings (SSSR count). The van der Waals surface area contributed by atoms with E-state index >= 15 is 0 Å². The predicted molar refractivity (Wildman–Crippen MR) is 80.0 cm³/mol. The van der Waals surface area contributed by atoms with Crippen LogP contribution in [0.3, 0.4) is 0 Å². The molecule has 0 spiro atoms. The van der Waals surface area contributed by atoms with Gasteiger partial charge in [-0.25, -0.2) is 0 Å². The summed E-state index contributed by atoms with van der Waals surface area (Å²) in [5.74, 6) is -0.593. The van der Waals surface area contributed by atoms with Gasteiger partial charge in [0.05, 0.1) is 0 Å². The molecule has 1 unspecified atom stereocenters. The number of nitrogens with zero attached hydrogens (tertiary/aromatic N) is 2. The van der Waals surface area contributed by atoms with E-state index in [1.165, 1.54) is 0 Å². The Kier molecular flexibility index (Phi) is 7.50. The molecule has 126 valence electrons. The standard InChI is InChI=1S/C6H14NO3P.C5H12NO3P/c1-6(11(8,9)10)7-4-2-3-5-7;7-10(8,9)5-6-3-1-2-4-6/h6H,2-5H2,1H3,(H2,8,9,10);1-5H2,(H2,7,8,9). The van der Waals surface area contributed by atoms with Crippen LogP contribution in [0, 0.1) is 0 Å². The minimum atomic E-state index is -3.88. The van der Waals surface area contributed by atoms with Crippen molar-refractivity contribution in [3.05, 3.63) is 0 Å². The van der Waals surface area contributed by atoms with Crippen LogP contribution in [0.1, 0.15) is 32.6 Å². The van der Waals surface area contributed by atoms with Crippen LogP contribution in [-0.4, -0.2) is 67.6 Å². The molecule has 0 saturated carbocycles. The highest BCUT2D eigenvalue weighted by Crippen LogP contribution is 2.43. The molecule has 2 aliphatic rings. The zero-order valence-electron chi connectivity index (χ0n) is 12.3. The Hall–Kier alpha value is 0.220. The van der Waals surface area contributed by atoms with Gasteiger partial charge in [-0.3, -0.25) is 18.9 Å². The lowest BCUT2D eigenvalue weighted by atomic mass is 10.4. The largest absolute Gasteiger partial charge is 0.342 e. The summed E-state index contributed by atoms with van der Waals surface area (Å²) in [6.07, 6.45) is 4.20. The highest BCUT2D eigenvalue weighted by molar-refractivity contribution is 7.52. The Morgan fingerprint density at radius 2 is 1.33 bits per heavy atom. The van der Waals surface area contributed by atoms with Gasteiger partial charge in [-0.2, -0.15) is 0 Å². The molecule has 0 aromatic carbocycles. The van der Waals surface area contributed by atoms with Gasteiger partial charge in [-0.15, -0.1) is 0 Å². The SMILES string of the molecule is CC(N1CCCC1)P(=O)(O)O.O=P(O)(O)CN1CCCC1. The first-order chi connectivity index (χ1) is 9.59. The molecule has 2 fully saturated rings. The van der Waals surface area contributed by atoms with Crippen molar-refractivity contribution in [1.29, 1.82) is 0 Å². The molecule has 10 heteroatoms. The molecule has 1 atom stereocenters. The van der Waals surface area contributed by atoms with Crippen molar-refractivity contribution in [2.75, 3.05) is 32.5 Å². The van der Waals surface area contributed by atoms with Gasteiger partial charge in [0, 0.05) is 0 Å². The molecule has 0 amide bonds. The Morgan fingerprint density at radius 3 is 1.71 bits per heavy atom. The molecule has 8 nitrogen and oxygen atoms in total. The normalized spacial score (nSPS) is 22.9. The first-order valence-corrected chi connectivity index (χ1v) is 10.6. The summed E-state index contributed by atoms with van der Waals surface area (Å²) >= 11 is 0. The second-order valence-electron chi connectivity index (χ2n) is 5.60. The van der Waals surface area contributed by atoms with Crippen molar-refractivity contribution in [3.8, 4) is 0 Å². The predicted octanol–water partition coefficient (Wildman–Crippen LogP) is 0.823. The van der Waals surface area contributed by atoms with Crippen LogP contribution in [0.5, 0.6) is 0 Å². The van der Waals surface area contributed by atoms with E-state index in [1.807, 2.05) is 4.90 Å². The first kappa shape index (κ1) is 19.3. The Balaban J connectivity index is 0.000000211. The Labute approximate surface area is 125 Å². The molecule has 21 heavy (non-hydrogen) atoms. The molecule has 2 saturated heterocycles. The van der Waals surface area contributed by atoms with Crippen molar-refractivity contribution >= 4 is 15.2 Å². The monoisotopic (exact) mass is 344 g/mol. The van der Waals surface area contributed by atoms with Crippen molar-refractivity contribution in [1.82, 2.24) is 9.80 Å². The second-order valence-corrected chi connectivity index (χ2v) is 9.13.